The van der Waals surface area contributed by atoms with Crippen LogP contribution in [0.5, 0.6) is 0 Å². The quantitative estimate of drug-likeness (QED) is 0.127. The molecule has 0 bridgehead atoms. The molecule has 3 amide bonds. The number of rotatable bonds is 14. The van der Waals surface area contributed by atoms with Crippen LogP contribution in [0, 0.1) is 0 Å². The Balaban J connectivity index is 1.36. The molecular formula is C34H41N3O6S. The van der Waals surface area contributed by atoms with Crippen LogP contribution in [0.2, 0.25) is 0 Å². The number of unbranched alkanes of at least 4 members (excludes halogenated alkanes) is 2. The molecule has 3 atom stereocenters. The average molecular weight is 620 g/mol. The van der Waals surface area contributed by atoms with E-state index in [2.05, 4.69) is 16.0 Å². The Labute approximate surface area is 263 Å². The first-order valence-electron chi connectivity index (χ1n) is 14.9. The minimum atomic E-state index is -0.590. The molecule has 10 heteroatoms. The van der Waals surface area contributed by atoms with Gasteiger partial charge >= 0.3 is 0 Å². The van der Waals surface area contributed by atoms with Gasteiger partial charge in [0.05, 0.1) is 18.8 Å². The molecule has 3 aromatic carbocycles. The number of amides is 3. The molecule has 234 valence electrons. The molecule has 1 aliphatic rings. The molecule has 4 N–H and O–H groups in total. The van der Waals surface area contributed by atoms with Crippen molar-refractivity contribution >= 4 is 40.9 Å². The normalized spacial score (nSPS) is 17.9. The number of aliphatic hydroxyl groups excluding tert-OH is 1. The average Bonchev–Trinajstić information content (AvgIpc) is 3.02. The zero-order valence-electron chi connectivity index (χ0n) is 25.2. The van der Waals surface area contributed by atoms with E-state index in [1.807, 2.05) is 72.8 Å². The number of ether oxygens (including phenoxy) is 2. The van der Waals surface area contributed by atoms with Gasteiger partial charge in [0.25, 0.3) is 0 Å². The minimum absolute atomic E-state index is 0.0149. The van der Waals surface area contributed by atoms with Crippen LogP contribution < -0.4 is 16.0 Å². The van der Waals surface area contributed by atoms with Crippen LogP contribution in [-0.2, 0) is 30.5 Å². The SMILES string of the molecule is CC(=O)NCCCCCC(=O)Nc1ccc(C2OC(CSc3ccc(NC(C)=O)cc3)CC(c3ccc(CO)cc3)O2)cc1. The van der Waals surface area contributed by atoms with Gasteiger partial charge in [0.1, 0.15) is 0 Å². The summed E-state index contributed by atoms with van der Waals surface area (Å²) in [4.78, 5) is 35.8. The molecule has 1 saturated heterocycles. The molecule has 0 aliphatic carbocycles. The third-order valence-electron chi connectivity index (χ3n) is 7.15. The molecule has 9 nitrogen and oxygen atoms in total. The van der Waals surface area contributed by atoms with Crippen LogP contribution in [0.4, 0.5) is 11.4 Å². The zero-order valence-corrected chi connectivity index (χ0v) is 26.0. The molecule has 1 fully saturated rings. The van der Waals surface area contributed by atoms with Gasteiger partial charge in [0, 0.05) is 60.8 Å². The maximum atomic E-state index is 12.4. The van der Waals surface area contributed by atoms with Crippen LogP contribution in [0.25, 0.3) is 0 Å². The predicted octanol–water partition coefficient (Wildman–Crippen LogP) is 6.11. The fourth-order valence-corrected chi connectivity index (χ4v) is 5.77. The Morgan fingerprint density at radius 3 is 2.11 bits per heavy atom. The fourth-order valence-electron chi connectivity index (χ4n) is 4.85. The summed E-state index contributed by atoms with van der Waals surface area (Å²) in [5.74, 6) is 0.523. The second-order valence-electron chi connectivity index (χ2n) is 10.8. The number of hydrogen-bond acceptors (Lipinski definition) is 7. The first-order chi connectivity index (χ1) is 21.3. The number of carbonyl (C=O) groups is 3. The van der Waals surface area contributed by atoms with Crippen molar-refractivity contribution in [2.24, 2.45) is 0 Å². The van der Waals surface area contributed by atoms with Gasteiger partial charge in [-0.1, -0.05) is 42.8 Å². The molecule has 0 spiro atoms. The molecule has 3 aromatic rings. The van der Waals surface area contributed by atoms with Crippen molar-refractivity contribution in [3.8, 4) is 0 Å². The van der Waals surface area contributed by atoms with Crippen LogP contribution in [-0.4, -0.2) is 41.2 Å². The molecule has 0 radical (unpaired) electrons. The summed E-state index contributed by atoms with van der Waals surface area (Å²) in [6.45, 7) is 3.60. The second-order valence-corrected chi connectivity index (χ2v) is 11.9. The first kappa shape index (κ1) is 33.2. The van der Waals surface area contributed by atoms with Crippen molar-refractivity contribution < 1.29 is 29.0 Å². The largest absolute Gasteiger partial charge is 0.392 e. The summed E-state index contributed by atoms with van der Waals surface area (Å²) in [5, 5.41) is 18.0. The van der Waals surface area contributed by atoms with Crippen molar-refractivity contribution in [3.05, 3.63) is 89.5 Å². The van der Waals surface area contributed by atoms with E-state index in [0.717, 1.165) is 46.5 Å². The highest BCUT2D eigenvalue weighted by molar-refractivity contribution is 7.99. The minimum Gasteiger partial charge on any atom is -0.392 e. The number of carbonyl (C=O) groups excluding carboxylic acids is 3. The topological polar surface area (TPSA) is 126 Å². The number of benzene rings is 3. The van der Waals surface area contributed by atoms with Crippen molar-refractivity contribution in [2.75, 3.05) is 22.9 Å². The molecule has 44 heavy (non-hydrogen) atoms. The van der Waals surface area contributed by atoms with E-state index in [0.29, 0.717) is 30.8 Å². The van der Waals surface area contributed by atoms with Gasteiger partial charge in [-0.15, -0.1) is 11.8 Å². The molecular weight excluding hydrogens is 578 g/mol. The number of aliphatic hydroxyl groups is 1. The van der Waals surface area contributed by atoms with E-state index < -0.39 is 6.29 Å². The van der Waals surface area contributed by atoms with Crippen LogP contribution in [0.3, 0.4) is 0 Å². The molecule has 1 heterocycles. The molecule has 0 saturated carbocycles. The lowest BCUT2D eigenvalue weighted by atomic mass is 10.0. The summed E-state index contributed by atoms with van der Waals surface area (Å²) in [5.41, 5.74) is 4.18. The lowest BCUT2D eigenvalue weighted by Crippen LogP contribution is -2.31. The predicted molar refractivity (Wildman–Crippen MR) is 172 cm³/mol. The zero-order chi connectivity index (χ0) is 31.3. The maximum Gasteiger partial charge on any atom is 0.224 e. The van der Waals surface area contributed by atoms with E-state index in [9.17, 15) is 19.5 Å². The summed E-state index contributed by atoms with van der Waals surface area (Å²) in [6.07, 6.45) is 2.68. The standard InChI is InChI=1S/C34H41N3O6S/c1-23(39)35-19-5-3-4-6-33(41)37-29-13-11-27(12-14-29)34-42-30(20-32(43-34)26-9-7-25(21-38)8-10-26)22-44-31-17-15-28(16-18-31)36-24(2)40/h7-18,30,32,34,38H,3-6,19-22H2,1-2H3,(H,35,39)(H,36,40)(H,37,41). The van der Waals surface area contributed by atoms with E-state index in [4.69, 9.17) is 9.47 Å². The smallest absolute Gasteiger partial charge is 0.224 e. The van der Waals surface area contributed by atoms with Gasteiger partial charge in [0.2, 0.25) is 17.7 Å². The molecule has 1 aliphatic heterocycles. The van der Waals surface area contributed by atoms with Gasteiger partial charge < -0.3 is 30.5 Å². The summed E-state index contributed by atoms with van der Waals surface area (Å²) in [7, 11) is 0. The van der Waals surface area contributed by atoms with E-state index in [1.165, 1.54) is 13.8 Å². The Morgan fingerprint density at radius 1 is 0.795 bits per heavy atom. The van der Waals surface area contributed by atoms with E-state index >= 15 is 0 Å². The Kier molecular flexibility index (Phi) is 12.8. The lowest BCUT2D eigenvalue weighted by molar-refractivity contribution is -0.245. The summed E-state index contributed by atoms with van der Waals surface area (Å²) >= 11 is 1.68. The van der Waals surface area contributed by atoms with Crippen molar-refractivity contribution in [1.29, 1.82) is 0 Å². The third-order valence-corrected chi connectivity index (χ3v) is 8.29. The van der Waals surface area contributed by atoms with E-state index in [1.54, 1.807) is 11.8 Å². The van der Waals surface area contributed by atoms with Crippen LogP contribution in [0.1, 0.15) is 75.0 Å². The number of anilines is 2. The molecule has 4 rings (SSSR count). The van der Waals surface area contributed by atoms with Crippen molar-refractivity contribution in [2.45, 2.75) is 76.0 Å². The highest BCUT2D eigenvalue weighted by atomic mass is 32.2. The third kappa shape index (κ3) is 10.8. The fraction of sp³-hybridized carbons (Fsp3) is 0.382. The van der Waals surface area contributed by atoms with Crippen LogP contribution >= 0.6 is 11.8 Å². The Hall–Kier alpha value is -3.70. The monoisotopic (exact) mass is 619 g/mol. The van der Waals surface area contributed by atoms with Gasteiger partial charge in [-0.25, -0.2) is 0 Å². The van der Waals surface area contributed by atoms with Gasteiger partial charge in [0.15, 0.2) is 6.29 Å². The lowest BCUT2D eigenvalue weighted by Gasteiger charge is -2.36. The van der Waals surface area contributed by atoms with Crippen molar-refractivity contribution in [3.63, 3.8) is 0 Å². The number of thioether (sulfide) groups is 1. The van der Waals surface area contributed by atoms with Gasteiger partial charge in [-0.3, -0.25) is 14.4 Å². The van der Waals surface area contributed by atoms with Gasteiger partial charge in [-0.2, -0.15) is 0 Å². The highest BCUT2D eigenvalue weighted by Crippen LogP contribution is 2.39. The molecule has 0 aromatic heterocycles. The summed E-state index contributed by atoms with van der Waals surface area (Å²) < 4.78 is 12.9. The summed E-state index contributed by atoms with van der Waals surface area (Å²) in [6, 6.07) is 23.1. The van der Waals surface area contributed by atoms with E-state index in [-0.39, 0.29) is 36.5 Å². The maximum absolute atomic E-state index is 12.4. The number of nitrogens with one attached hydrogen (secondary N) is 3. The molecule has 3 unspecified atom stereocenters. The van der Waals surface area contributed by atoms with Crippen molar-refractivity contribution in [1.82, 2.24) is 5.32 Å². The highest BCUT2D eigenvalue weighted by Gasteiger charge is 2.32. The van der Waals surface area contributed by atoms with Crippen LogP contribution in [0.15, 0.2) is 77.7 Å². The van der Waals surface area contributed by atoms with Gasteiger partial charge in [-0.05, 0) is 60.4 Å². The number of hydrogen-bond donors (Lipinski definition) is 4. The second kappa shape index (κ2) is 17.0. The Morgan fingerprint density at radius 2 is 1.45 bits per heavy atom. The first-order valence-corrected chi connectivity index (χ1v) is 15.9. The Bertz CT molecular complexity index is 1370.